The maximum absolute atomic E-state index is 5.84. The summed E-state index contributed by atoms with van der Waals surface area (Å²) in [5.41, 5.74) is 0. The highest BCUT2D eigenvalue weighted by Crippen LogP contribution is 2.13. The minimum atomic E-state index is -1.52. The third-order valence-electron chi connectivity index (χ3n) is 1.81. The van der Waals surface area contributed by atoms with Crippen molar-refractivity contribution in [2.24, 2.45) is 0 Å². The van der Waals surface area contributed by atoms with Crippen molar-refractivity contribution in [1.29, 1.82) is 0 Å². The van der Waals surface area contributed by atoms with Gasteiger partial charge in [-0.2, -0.15) is 0 Å². The molecule has 0 fully saturated rings. The van der Waals surface area contributed by atoms with E-state index < -0.39 is 8.32 Å². The van der Waals surface area contributed by atoms with Crippen LogP contribution in [-0.2, 0) is 9.16 Å². The Bertz CT molecular complexity index is 183. The summed E-state index contributed by atoms with van der Waals surface area (Å²) in [4.78, 5) is 0. The number of rotatable bonds is 8. The van der Waals surface area contributed by atoms with Crippen molar-refractivity contribution in [3.05, 3.63) is 12.0 Å². The van der Waals surface area contributed by atoms with Crippen molar-refractivity contribution >= 4 is 8.32 Å². The minimum absolute atomic E-state index is 0.685. The molecule has 0 N–H and O–H groups in total. The molecule has 0 aliphatic rings. The third kappa shape index (κ3) is 9.85. The van der Waals surface area contributed by atoms with Gasteiger partial charge in [-0.3, -0.25) is 0 Å². The molecule has 0 aromatic heterocycles. The van der Waals surface area contributed by atoms with Crippen LogP contribution in [0.25, 0.3) is 0 Å². The van der Waals surface area contributed by atoms with Crippen molar-refractivity contribution in [2.75, 3.05) is 6.61 Å². The first kappa shape index (κ1) is 14.6. The minimum Gasteiger partial charge on any atom is -0.520 e. The highest BCUT2D eigenvalue weighted by atomic mass is 28.4. The summed E-state index contributed by atoms with van der Waals surface area (Å²) < 4.78 is 11.3. The van der Waals surface area contributed by atoms with Crippen molar-refractivity contribution in [3.63, 3.8) is 0 Å². The lowest BCUT2D eigenvalue weighted by atomic mass is 10.2. The first-order valence-corrected chi connectivity index (χ1v) is 9.42. The van der Waals surface area contributed by atoms with Gasteiger partial charge >= 0.3 is 0 Å². The quantitative estimate of drug-likeness (QED) is 0.352. The number of unbranched alkanes of at least 4 members (excludes halogenated alkanes) is 3. The lowest BCUT2D eigenvalue weighted by Crippen LogP contribution is -2.25. The van der Waals surface area contributed by atoms with E-state index in [-0.39, 0.29) is 0 Å². The Balaban J connectivity index is 4.01. The van der Waals surface area contributed by atoms with Crippen LogP contribution in [0.3, 0.4) is 0 Å². The number of ether oxygens (including phenoxy) is 1. The van der Waals surface area contributed by atoms with Crippen LogP contribution in [0.2, 0.25) is 19.6 Å². The van der Waals surface area contributed by atoms with E-state index in [4.69, 9.17) is 9.16 Å². The van der Waals surface area contributed by atoms with E-state index in [1.54, 1.807) is 0 Å². The van der Waals surface area contributed by atoms with Gasteiger partial charge in [-0.25, -0.2) is 0 Å². The van der Waals surface area contributed by atoms with E-state index >= 15 is 0 Å². The molecule has 0 aliphatic heterocycles. The molecule has 0 bridgehead atoms. The maximum Gasteiger partial charge on any atom is 0.261 e. The van der Waals surface area contributed by atoms with Gasteiger partial charge in [-0.1, -0.05) is 19.8 Å². The molecular weight excluding hydrogens is 204 g/mol. The second-order valence-corrected chi connectivity index (χ2v) is 9.10. The monoisotopic (exact) mass is 230 g/mol. The van der Waals surface area contributed by atoms with Crippen LogP contribution in [0.1, 0.15) is 39.5 Å². The van der Waals surface area contributed by atoms with Crippen LogP contribution in [-0.4, -0.2) is 14.9 Å². The summed E-state index contributed by atoms with van der Waals surface area (Å²) in [6, 6.07) is 0. The fraction of sp³-hybridized carbons (Fsp3) is 0.833. The van der Waals surface area contributed by atoms with Gasteiger partial charge in [-0.05, 0) is 45.5 Å². The Hall–Kier alpha value is -0.443. The summed E-state index contributed by atoms with van der Waals surface area (Å²) in [6.07, 6.45) is 6.92. The Morgan fingerprint density at radius 2 is 1.80 bits per heavy atom. The number of hydrogen-bond acceptors (Lipinski definition) is 2. The Labute approximate surface area is 95.8 Å². The third-order valence-corrected chi connectivity index (χ3v) is 2.63. The smallest absolute Gasteiger partial charge is 0.261 e. The molecule has 0 aromatic rings. The van der Waals surface area contributed by atoms with Gasteiger partial charge in [0.1, 0.15) is 0 Å². The second kappa shape index (κ2) is 7.80. The molecule has 0 aliphatic carbocycles. The van der Waals surface area contributed by atoms with Gasteiger partial charge in [0.2, 0.25) is 8.32 Å². The molecule has 3 heteroatoms. The predicted octanol–water partition coefficient (Wildman–Crippen LogP) is 4.30. The standard InChI is InChI=1S/C12H26O2Si/c1-6-8-9-10-11-12(13-7-2)14-15(3,4)5/h11H,6-10H2,1-5H3/b12-11-. The number of hydrogen-bond donors (Lipinski definition) is 0. The molecule has 0 saturated carbocycles. The van der Waals surface area contributed by atoms with E-state index in [1.807, 2.05) is 6.92 Å². The molecule has 0 amide bonds. The van der Waals surface area contributed by atoms with Crippen molar-refractivity contribution in [1.82, 2.24) is 0 Å². The van der Waals surface area contributed by atoms with Gasteiger partial charge in [-0.15, -0.1) is 0 Å². The highest BCUT2D eigenvalue weighted by Gasteiger charge is 2.18. The molecule has 0 radical (unpaired) electrons. The zero-order chi connectivity index (χ0) is 11.7. The van der Waals surface area contributed by atoms with Crippen LogP contribution < -0.4 is 0 Å². The van der Waals surface area contributed by atoms with Gasteiger partial charge in [0.05, 0.1) is 6.61 Å². The molecule has 0 unspecified atom stereocenters. The van der Waals surface area contributed by atoms with E-state index in [9.17, 15) is 0 Å². The van der Waals surface area contributed by atoms with Crippen LogP contribution in [0.5, 0.6) is 0 Å². The topological polar surface area (TPSA) is 18.5 Å². The Kier molecular flexibility index (Phi) is 7.57. The lowest BCUT2D eigenvalue weighted by molar-refractivity contribution is 0.111. The summed E-state index contributed by atoms with van der Waals surface area (Å²) >= 11 is 0. The van der Waals surface area contributed by atoms with E-state index in [0.29, 0.717) is 6.61 Å². The molecule has 2 nitrogen and oxygen atoms in total. The molecule has 0 heterocycles. The summed E-state index contributed by atoms with van der Waals surface area (Å²) in [6.45, 7) is 11.4. The van der Waals surface area contributed by atoms with Crippen LogP contribution in [0.15, 0.2) is 12.0 Å². The normalized spacial score (nSPS) is 12.7. The average molecular weight is 230 g/mol. The average Bonchev–Trinajstić information content (AvgIpc) is 2.10. The highest BCUT2D eigenvalue weighted by molar-refractivity contribution is 6.69. The number of allylic oxidation sites excluding steroid dienone is 1. The largest absolute Gasteiger partial charge is 0.520 e. The van der Waals surface area contributed by atoms with Gasteiger partial charge in [0, 0.05) is 0 Å². The molecule has 0 saturated heterocycles. The first-order valence-electron chi connectivity index (χ1n) is 6.01. The Morgan fingerprint density at radius 1 is 1.13 bits per heavy atom. The van der Waals surface area contributed by atoms with Crippen molar-refractivity contribution in [3.8, 4) is 0 Å². The van der Waals surface area contributed by atoms with Crippen LogP contribution in [0.4, 0.5) is 0 Å². The predicted molar refractivity (Wildman–Crippen MR) is 68.3 cm³/mol. The van der Waals surface area contributed by atoms with Crippen LogP contribution in [0, 0.1) is 0 Å². The molecular formula is C12H26O2Si. The SMILES string of the molecule is CCCCC/C=C(/OCC)O[Si](C)(C)C. The summed E-state index contributed by atoms with van der Waals surface area (Å²) in [5, 5.41) is 0. The van der Waals surface area contributed by atoms with Gasteiger partial charge in [0.15, 0.2) is 0 Å². The summed E-state index contributed by atoms with van der Waals surface area (Å²) in [5.74, 6) is 0.743. The lowest BCUT2D eigenvalue weighted by Gasteiger charge is -2.21. The first-order chi connectivity index (χ1) is 6.99. The van der Waals surface area contributed by atoms with E-state index in [1.165, 1.54) is 19.3 Å². The fourth-order valence-electron chi connectivity index (χ4n) is 1.19. The molecule has 0 aromatic carbocycles. The van der Waals surface area contributed by atoms with E-state index in [2.05, 4.69) is 32.6 Å². The zero-order valence-electron chi connectivity index (χ0n) is 10.9. The molecule has 0 spiro atoms. The van der Waals surface area contributed by atoms with Crippen LogP contribution >= 0.6 is 0 Å². The Morgan fingerprint density at radius 3 is 2.27 bits per heavy atom. The second-order valence-electron chi connectivity index (χ2n) is 4.67. The van der Waals surface area contributed by atoms with Gasteiger partial charge < -0.3 is 9.16 Å². The van der Waals surface area contributed by atoms with E-state index in [0.717, 1.165) is 12.4 Å². The molecule has 90 valence electrons. The summed E-state index contributed by atoms with van der Waals surface area (Å²) in [7, 11) is -1.52. The van der Waals surface area contributed by atoms with Crippen molar-refractivity contribution in [2.45, 2.75) is 59.2 Å². The maximum atomic E-state index is 5.84. The molecule has 0 atom stereocenters. The van der Waals surface area contributed by atoms with Crippen molar-refractivity contribution < 1.29 is 9.16 Å². The zero-order valence-corrected chi connectivity index (χ0v) is 11.9. The van der Waals surface area contributed by atoms with Gasteiger partial charge in [0.25, 0.3) is 5.95 Å². The fourth-order valence-corrected chi connectivity index (χ4v) is 1.93. The molecule has 0 rings (SSSR count). The molecule has 15 heavy (non-hydrogen) atoms.